The fraction of sp³-hybridized carbons (Fsp3) is 0.188. The van der Waals surface area contributed by atoms with Crippen molar-refractivity contribution in [1.29, 1.82) is 0 Å². The zero-order valence-electron chi connectivity index (χ0n) is 23.2. The summed E-state index contributed by atoms with van der Waals surface area (Å²) in [5, 5.41) is 5.16. The van der Waals surface area contributed by atoms with Crippen molar-refractivity contribution >= 4 is 39.0 Å². The summed E-state index contributed by atoms with van der Waals surface area (Å²) in [6, 6.07) is 23.6. The van der Waals surface area contributed by atoms with Gasteiger partial charge in [0.05, 0.1) is 12.0 Å². The predicted molar refractivity (Wildman–Crippen MR) is 161 cm³/mol. The highest BCUT2D eigenvalue weighted by Crippen LogP contribution is 2.40. The molecule has 0 spiro atoms. The number of esters is 1. The standard InChI is InChI=1S/C32H31NO6S2/c1-21-10-13-24(20-34)27(18-21)28(31-26(16-17-40-31)30(38-2)23-8-6-5-7-9-23)29(32(35)39-3)33-19-22-11-14-25(15-12-22)41(4,36)37/h5-18,20,30,33H,19H2,1-4H3/b29-28+. The first kappa shape index (κ1) is 29.9. The quantitative estimate of drug-likeness (QED) is 0.136. The van der Waals surface area contributed by atoms with E-state index in [2.05, 4.69) is 5.32 Å². The Labute approximate surface area is 244 Å². The molecule has 0 aliphatic carbocycles. The molecule has 0 saturated heterocycles. The van der Waals surface area contributed by atoms with Gasteiger partial charge in [0.25, 0.3) is 0 Å². The van der Waals surface area contributed by atoms with Crippen LogP contribution in [0.1, 0.15) is 49.2 Å². The summed E-state index contributed by atoms with van der Waals surface area (Å²) in [4.78, 5) is 26.6. The normalized spacial score (nSPS) is 12.8. The molecule has 0 aliphatic rings. The molecule has 212 valence electrons. The van der Waals surface area contributed by atoms with Crippen LogP contribution in [0.3, 0.4) is 0 Å². The van der Waals surface area contributed by atoms with Gasteiger partial charge in [-0.05, 0) is 47.2 Å². The van der Waals surface area contributed by atoms with Crippen LogP contribution in [-0.2, 0) is 30.7 Å². The van der Waals surface area contributed by atoms with Crippen molar-refractivity contribution < 1.29 is 27.5 Å². The molecule has 4 aromatic rings. The van der Waals surface area contributed by atoms with Crippen LogP contribution >= 0.6 is 11.3 Å². The largest absolute Gasteiger partial charge is 0.464 e. The molecule has 7 nitrogen and oxygen atoms in total. The molecule has 1 N–H and O–H groups in total. The Bertz CT molecular complexity index is 1670. The number of carbonyl (C=O) groups is 2. The van der Waals surface area contributed by atoms with Gasteiger partial charge in [0, 0.05) is 41.5 Å². The number of hydrogen-bond acceptors (Lipinski definition) is 8. The lowest BCUT2D eigenvalue weighted by molar-refractivity contribution is -0.136. The van der Waals surface area contributed by atoms with E-state index < -0.39 is 21.9 Å². The zero-order valence-corrected chi connectivity index (χ0v) is 24.8. The number of aryl methyl sites for hydroxylation is 1. The highest BCUT2D eigenvalue weighted by molar-refractivity contribution is 7.90. The lowest BCUT2D eigenvalue weighted by Crippen LogP contribution is -2.24. The second kappa shape index (κ2) is 13.1. The number of sulfone groups is 1. The van der Waals surface area contributed by atoms with Gasteiger partial charge >= 0.3 is 5.97 Å². The van der Waals surface area contributed by atoms with E-state index in [0.29, 0.717) is 16.7 Å². The molecule has 0 aliphatic heterocycles. The number of methoxy groups -OCH3 is 2. The average molecular weight is 590 g/mol. The predicted octanol–water partition coefficient (Wildman–Crippen LogP) is 5.73. The van der Waals surface area contributed by atoms with Gasteiger partial charge in [-0.3, -0.25) is 4.79 Å². The van der Waals surface area contributed by atoms with Crippen LogP contribution < -0.4 is 5.32 Å². The van der Waals surface area contributed by atoms with Crippen molar-refractivity contribution in [3.63, 3.8) is 0 Å². The van der Waals surface area contributed by atoms with E-state index in [9.17, 15) is 18.0 Å². The van der Waals surface area contributed by atoms with Crippen molar-refractivity contribution in [2.45, 2.75) is 24.5 Å². The number of hydrogen-bond donors (Lipinski definition) is 1. The molecule has 0 saturated carbocycles. The fourth-order valence-corrected chi connectivity index (χ4v) is 6.19. The fourth-order valence-electron chi connectivity index (χ4n) is 4.57. The van der Waals surface area contributed by atoms with E-state index in [1.165, 1.54) is 30.6 Å². The molecule has 0 radical (unpaired) electrons. The topological polar surface area (TPSA) is 98.8 Å². The zero-order chi connectivity index (χ0) is 29.6. The van der Waals surface area contributed by atoms with Gasteiger partial charge in [-0.15, -0.1) is 11.3 Å². The van der Waals surface area contributed by atoms with Crippen molar-refractivity contribution in [3.8, 4) is 0 Å². The first-order chi connectivity index (χ1) is 19.7. The summed E-state index contributed by atoms with van der Waals surface area (Å²) >= 11 is 1.43. The second-order valence-corrected chi connectivity index (χ2v) is 12.4. The average Bonchev–Trinajstić information content (AvgIpc) is 3.44. The molecule has 1 unspecified atom stereocenters. The molecule has 3 aromatic carbocycles. The minimum Gasteiger partial charge on any atom is -0.464 e. The van der Waals surface area contributed by atoms with Crippen molar-refractivity contribution in [2.75, 3.05) is 20.5 Å². The van der Waals surface area contributed by atoms with Gasteiger partial charge in [-0.25, -0.2) is 13.2 Å². The van der Waals surface area contributed by atoms with Crippen LogP contribution in [-0.4, -0.2) is 41.1 Å². The van der Waals surface area contributed by atoms with Crippen LogP contribution in [0.2, 0.25) is 0 Å². The monoisotopic (exact) mass is 589 g/mol. The van der Waals surface area contributed by atoms with E-state index in [-0.39, 0.29) is 17.1 Å². The Kier molecular flexibility index (Phi) is 9.54. The summed E-state index contributed by atoms with van der Waals surface area (Å²) in [6.45, 7) is 2.12. The number of nitrogens with one attached hydrogen (secondary N) is 1. The number of benzene rings is 3. The maximum atomic E-state index is 13.4. The second-order valence-electron chi connectivity index (χ2n) is 9.45. The third-order valence-electron chi connectivity index (χ3n) is 6.61. The Balaban J connectivity index is 1.92. The molecule has 0 amide bonds. The first-order valence-corrected chi connectivity index (χ1v) is 15.5. The molecule has 9 heteroatoms. The molecule has 0 bridgehead atoms. The molecular weight excluding hydrogens is 558 g/mol. The van der Waals surface area contributed by atoms with Crippen molar-refractivity contribution in [2.24, 2.45) is 0 Å². The van der Waals surface area contributed by atoms with Crippen LogP contribution in [0.5, 0.6) is 0 Å². The summed E-state index contributed by atoms with van der Waals surface area (Å²) in [6.07, 6.45) is 1.49. The summed E-state index contributed by atoms with van der Waals surface area (Å²) in [5.41, 5.74) is 5.10. The summed E-state index contributed by atoms with van der Waals surface area (Å²) < 4.78 is 35.0. The van der Waals surface area contributed by atoms with Crippen LogP contribution in [0.25, 0.3) is 5.57 Å². The van der Waals surface area contributed by atoms with Crippen LogP contribution in [0.15, 0.2) is 94.8 Å². The summed E-state index contributed by atoms with van der Waals surface area (Å²) in [7, 11) is -0.412. The third kappa shape index (κ3) is 6.82. The molecule has 1 atom stereocenters. The molecule has 4 rings (SSSR count). The molecule has 0 fully saturated rings. The van der Waals surface area contributed by atoms with Gasteiger partial charge in [0.15, 0.2) is 16.1 Å². The van der Waals surface area contributed by atoms with Gasteiger partial charge in [0.2, 0.25) is 0 Å². The maximum Gasteiger partial charge on any atom is 0.354 e. The van der Waals surface area contributed by atoms with E-state index in [4.69, 9.17) is 9.47 Å². The van der Waals surface area contributed by atoms with Gasteiger partial charge in [0.1, 0.15) is 11.8 Å². The molecule has 41 heavy (non-hydrogen) atoms. The number of rotatable bonds is 11. The van der Waals surface area contributed by atoms with Gasteiger partial charge < -0.3 is 14.8 Å². The van der Waals surface area contributed by atoms with Crippen LogP contribution in [0, 0.1) is 6.92 Å². The van der Waals surface area contributed by atoms with Crippen molar-refractivity contribution in [1.82, 2.24) is 5.32 Å². The Morgan fingerprint density at radius 3 is 2.32 bits per heavy atom. The Morgan fingerprint density at radius 1 is 1.00 bits per heavy atom. The van der Waals surface area contributed by atoms with Crippen LogP contribution in [0.4, 0.5) is 0 Å². The first-order valence-electron chi connectivity index (χ1n) is 12.7. The SMILES string of the molecule is COC(=O)/C(NCc1ccc(S(C)(=O)=O)cc1)=C(/c1cc(C)ccc1C=O)c1sccc1C(OC)c1ccccc1. The lowest BCUT2D eigenvalue weighted by Gasteiger charge is -2.22. The number of thiophene rings is 1. The highest BCUT2D eigenvalue weighted by Gasteiger charge is 2.28. The van der Waals surface area contributed by atoms with E-state index in [1.54, 1.807) is 25.3 Å². The lowest BCUT2D eigenvalue weighted by atomic mass is 9.91. The Hall–Kier alpha value is -4.05. The minimum absolute atomic E-state index is 0.167. The van der Waals surface area contributed by atoms with E-state index in [1.807, 2.05) is 60.8 Å². The number of ether oxygens (including phenoxy) is 2. The number of carbonyl (C=O) groups excluding carboxylic acids is 2. The van der Waals surface area contributed by atoms with E-state index >= 15 is 0 Å². The third-order valence-corrected chi connectivity index (χ3v) is 8.68. The van der Waals surface area contributed by atoms with Gasteiger partial charge in [-0.2, -0.15) is 0 Å². The molecule has 1 aromatic heterocycles. The minimum atomic E-state index is -3.34. The smallest absolute Gasteiger partial charge is 0.354 e. The number of aldehydes is 1. The summed E-state index contributed by atoms with van der Waals surface area (Å²) in [5.74, 6) is -0.612. The Morgan fingerprint density at radius 2 is 1.71 bits per heavy atom. The molecular formula is C32H31NO6S2. The highest BCUT2D eigenvalue weighted by atomic mass is 32.2. The van der Waals surface area contributed by atoms with Crippen molar-refractivity contribution in [3.05, 3.63) is 128 Å². The van der Waals surface area contributed by atoms with E-state index in [0.717, 1.165) is 39.7 Å². The maximum absolute atomic E-state index is 13.4. The van der Waals surface area contributed by atoms with Gasteiger partial charge in [-0.1, -0.05) is 66.2 Å². The molecule has 1 heterocycles.